The van der Waals surface area contributed by atoms with Gasteiger partial charge in [0.25, 0.3) is 0 Å². The summed E-state index contributed by atoms with van der Waals surface area (Å²) >= 11 is 0. The van der Waals surface area contributed by atoms with E-state index in [-0.39, 0.29) is 5.91 Å². The molecule has 0 aromatic carbocycles. The lowest BCUT2D eigenvalue weighted by Crippen LogP contribution is -2.28. The van der Waals surface area contributed by atoms with Crippen LogP contribution in [-0.4, -0.2) is 25.1 Å². The minimum absolute atomic E-state index is 0.130. The average Bonchev–Trinajstić information content (AvgIpc) is 2.77. The van der Waals surface area contributed by atoms with Gasteiger partial charge in [-0.15, -0.1) is 0 Å². The molecular weight excluding hydrogens is 178 g/mol. The first kappa shape index (κ1) is 9.97. The van der Waals surface area contributed by atoms with E-state index in [0.717, 1.165) is 11.8 Å². The molecule has 1 unspecified atom stereocenters. The molecule has 14 heavy (non-hydrogen) atoms. The van der Waals surface area contributed by atoms with Gasteiger partial charge in [0, 0.05) is 13.5 Å². The second-order valence-corrected chi connectivity index (χ2v) is 4.71. The van der Waals surface area contributed by atoms with E-state index in [2.05, 4.69) is 0 Å². The maximum absolute atomic E-state index is 11.6. The molecule has 3 heteroatoms. The molecule has 2 saturated carbocycles. The summed E-state index contributed by atoms with van der Waals surface area (Å²) in [6.45, 7) is 0. The lowest BCUT2D eigenvalue weighted by atomic mass is 9.86. The molecule has 0 saturated heterocycles. The van der Waals surface area contributed by atoms with Crippen molar-refractivity contribution in [3.05, 3.63) is 0 Å². The van der Waals surface area contributed by atoms with E-state index in [4.69, 9.17) is 4.84 Å². The number of rotatable bonds is 3. The van der Waals surface area contributed by atoms with Crippen molar-refractivity contribution >= 4 is 5.91 Å². The maximum atomic E-state index is 11.6. The van der Waals surface area contributed by atoms with Crippen LogP contribution in [0.4, 0.5) is 0 Å². The number of carbonyl (C=O) groups excluding carboxylic acids is 1. The first-order valence-corrected chi connectivity index (χ1v) is 5.51. The maximum Gasteiger partial charge on any atom is 0.246 e. The van der Waals surface area contributed by atoms with Crippen molar-refractivity contribution in [3.63, 3.8) is 0 Å². The molecule has 0 spiro atoms. The van der Waals surface area contributed by atoms with Crippen LogP contribution in [0, 0.1) is 17.8 Å². The minimum atomic E-state index is 0.130. The Hall–Kier alpha value is -0.570. The fourth-order valence-corrected chi connectivity index (χ4v) is 3.08. The van der Waals surface area contributed by atoms with Gasteiger partial charge in [-0.25, -0.2) is 5.06 Å². The topological polar surface area (TPSA) is 29.5 Å². The second-order valence-electron chi connectivity index (χ2n) is 4.71. The Morgan fingerprint density at radius 2 is 2.21 bits per heavy atom. The summed E-state index contributed by atoms with van der Waals surface area (Å²) < 4.78 is 0. The van der Waals surface area contributed by atoms with Gasteiger partial charge in [-0.1, -0.05) is 6.42 Å². The predicted molar refractivity (Wildman–Crippen MR) is 53.3 cm³/mol. The average molecular weight is 197 g/mol. The van der Waals surface area contributed by atoms with Crippen LogP contribution in [0.25, 0.3) is 0 Å². The molecule has 0 aromatic rings. The molecule has 2 aliphatic carbocycles. The molecule has 2 fully saturated rings. The van der Waals surface area contributed by atoms with Crippen molar-refractivity contribution in [3.8, 4) is 0 Å². The number of hydrogen-bond donors (Lipinski definition) is 0. The highest BCUT2D eigenvalue weighted by atomic mass is 16.7. The first-order valence-electron chi connectivity index (χ1n) is 5.51. The lowest BCUT2D eigenvalue weighted by molar-refractivity contribution is -0.170. The van der Waals surface area contributed by atoms with E-state index in [1.165, 1.54) is 30.7 Å². The molecule has 3 atom stereocenters. The molecule has 0 heterocycles. The second kappa shape index (κ2) is 3.89. The van der Waals surface area contributed by atoms with Gasteiger partial charge >= 0.3 is 0 Å². The molecule has 1 amide bonds. The number of carbonyl (C=O) groups is 1. The van der Waals surface area contributed by atoms with Gasteiger partial charge in [0.15, 0.2) is 0 Å². The largest absolute Gasteiger partial charge is 0.275 e. The number of hydroxylamine groups is 2. The van der Waals surface area contributed by atoms with E-state index in [0.29, 0.717) is 12.3 Å². The molecule has 3 nitrogen and oxygen atoms in total. The summed E-state index contributed by atoms with van der Waals surface area (Å²) in [6, 6.07) is 0. The van der Waals surface area contributed by atoms with Crippen molar-refractivity contribution in [1.29, 1.82) is 0 Å². The molecule has 2 aliphatic rings. The van der Waals surface area contributed by atoms with Crippen LogP contribution in [0.1, 0.15) is 32.1 Å². The summed E-state index contributed by atoms with van der Waals surface area (Å²) in [5.74, 6) is 2.52. The van der Waals surface area contributed by atoms with Gasteiger partial charge in [-0.05, 0) is 37.0 Å². The first-order chi connectivity index (χ1) is 6.70. The Morgan fingerprint density at radius 3 is 2.71 bits per heavy atom. The van der Waals surface area contributed by atoms with Crippen LogP contribution < -0.4 is 0 Å². The summed E-state index contributed by atoms with van der Waals surface area (Å²) in [4.78, 5) is 16.5. The lowest BCUT2D eigenvalue weighted by Gasteiger charge is -2.23. The van der Waals surface area contributed by atoms with Crippen LogP contribution in [0.5, 0.6) is 0 Å². The smallest absolute Gasteiger partial charge is 0.246 e. The third kappa shape index (κ3) is 1.78. The van der Waals surface area contributed by atoms with E-state index < -0.39 is 0 Å². The van der Waals surface area contributed by atoms with Gasteiger partial charge in [0.1, 0.15) is 0 Å². The van der Waals surface area contributed by atoms with E-state index in [9.17, 15) is 4.79 Å². The zero-order chi connectivity index (χ0) is 10.1. The van der Waals surface area contributed by atoms with Crippen LogP contribution in [-0.2, 0) is 9.63 Å². The van der Waals surface area contributed by atoms with Crippen molar-refractivity contribution in [1.82, 2.24) is 5.06 Å². The van der Waals surface area contributed by atoms with Gasteiger partial charge < -0.3 is 0 Å². The fraction of sp³-hybridized carbons (Fsp3) is 0.909. The zero-order valence-corrected chi connectivity index (χ0v) is 9.03. The zero-order valence-electron chi connectivity index (χ0n) is 9.03. The van der Waals surface area contributed by atoms with Crippen molar-refractivity contribution in [2.24, 2.45) is 17.8 Å². The van der Waals surface area contributed by atoms with E-state index >= 15 is 0 Å². The van der Waals surface area contributed by atoms with Crippen LogP contribution in [0.15, 0.2) is 0 Å². The van der Waals surface area contributed by atoms with Gasteiger partial charge in [-0.3, -0.25) is 9.63 Å². The predicted octanol–water partition coefficient (Wildman–Crippen LogP) is 1.83. The molecule has 0 aromatic heterocycles. The van der Waals surface area contributed by atoms with Crippen LogP contribution in [0.3, 0.4) is 0 Å². The molecule has 0 aliphatic heterocycles. The molecule has 2 bridgehead atoms. The molecule has 0 radical (unpaired) electrons. The van der Waals surface area contributed by atoms with Gasteiger partial charge in [0.2, 0.25) is 5.91 Å². The molecule has 80 valence electrons. The van der Waals surface area contributed by atoms with Crippen molar-refractivity contribution in [2.45, 2.75) is 32.1 Å². The third-order valence-corrected chi connectivity index (χ3v) is 3.95. The van der Waals surface area contributed by atoms with Crippen molar-refractivity contribution < 1.29 is 9.63 Å². The Bertz CT molecular complexity index is 229. The normalized spacial score (nSPS) is 34.9. The van der Waals surface area contributed by atoms with Crippen LogP contribution in [0.2, 0.25) is 0 Å². The van der Waals surface area contributed by atoms with E-state index in [1.54, 1.807) is 14.2 Å². The molecule has 0 N–H and O–H groups in total. The molecular formula is C11H19NO2. The van der Waals surface area contributed by atoms with Gasteiger partial charge in [-0.2, -0.15) is 0 Å². The summed E-state index contributed by atoms with van der Waals surface area (Å²) in [5.41, 5.74) is 0. The summed E-state index contributed by atoms with van der Waals surface area (Å²) in [5, 5.41) is 1.35. The van der Waals surface area contributed by atoms with Crippen LogP contribution >= 0.6 is 0 Å². The fourth-order valence-electron chi connectivity index (χ4n) is 3.08. The summed E-state index contributed by atoms with van der Waals surface area (Å²) in [7, 11) is 3.23. The third-order valence-electron chi connectivity index (χ3n) is 3.95. The monoisotopic (exact) mass is 197 g/mol. The summed E-state index contributed by atoms with van der Waals surface area (Å²) in [6.07, 6.45) is 6.07. The number of fused-ring (bicyclic) bond motifs is 2. The van der Waals surface area contributed by atoms with Gasteiger partial charge in [0.05, 0.1) is 7.11 Å². The Morgan fingerprint density at radius 1 is 1.43 bits per heavy atom. The quantitative estimate of drug-likeness (QED) is 0.646. The highest BCUT2D eigenvalue weighted by Gasteiger charge is 2.40. The SMILES string of the molecule is CON(C)C(=O)CC1C[C@@H]2CC[C@H]1C2. The Balaban J connectivity index is 1.84. The highest BCUT2D eigenvalue weighted by molar-refractivity contribution is 5.75. The highest BCUT2D eigenvalue weighted by Crippen LogP contribution is 2.49. The number of amides is 1. The number of hydrogen-bond acceptors (Lipinski definition) is 2. The van der Waals surface area contributed by atoms with Crippen molar-refractivity contribution in [2.75, 3.05) is 14.2 Å². The van der Waals surface area contributed by atoms with E-state index in [1.807, 2.05) is 0 Å². The Labute approximate surface area is 85.4 Å². The minimum Gasteiger partial charge on any atom is -0.275 e. The standard InChI is InChI=1S/C11H19NO2/c1-12(14-2)11(13)7-10-6-8-3-4-9(10)5-8/h8-10H,3-7H2,1-2H3/t8-,9+,10?/m1/s1. The molecule has 2 rings (SSSR count). The number of nitrogens with zero attached hydrogens (tertiary/aromatic N) is 1. The Kier molecular flexibility index (Phi) is 2.77.